The molecular formula is C26H27F3N2. The summed E-state index contributed by atoms with van der Waals surface area (Å²) in [5.74, 6) is 0. The summed E-state index contributed by atoms with van der Waals surface area (Å²) < 4.78 is 39.2. The van der Waals surface area contributed by atoms with Gasteiger partial charge in [0.05, 0.1) is 5.56 Å². The van der Waals surface area contributed by atoms with E-state index in [1.807, 2.05) is 18.2 Å². The fourth-order valence-electron chi connectivity index (χ4n) is 4.43. The van der Waals surface area contributed by atoms with Crippen molar-refractivity contribution in [3.8, 4) is 11.1 Å². The molecule has 1 aliphatic rings. The molecule has 1 heterocycles. The average molecular weight is 425 g/mol. The molecule has 0 amide bonds. The zero-order chi connectivity index (χ0) is 21.8. The van der Waals surface area contributed by atoms with Gasteiger partial charge in [0, 0.05) is 37.9 Å². The Labute approximate surface area is 181 Å². The molecule has 0 spiro atoms. The van der Waals surface area contributed by atoms with Gasteiger partial charge in [0.2, 0.25) is 0 Å². The highest BCUT2D eigenvalue weighted by molar-refractivity contribution is 5.64. The summed E-state index contributed by atoms with van der Waals surface area (Å²) in [5, 5.41) is 0. The fourth-order valence-corrected chi connectivity index (χ4v) is 4.43. The van der Waals surface area contributed by atoms with Crippen LogP contribution in [0.25, 0.3) is 11.1 Å². The largest absolute Gasteiger partial charge is 0.416 e. The van der Waals surface area contributed by atoms with Gasteiger partial charge in [-0.2, -0.15) is 13.2 Å². The summed E-state index contributed by atoms with van der Waals surface area (Å²) in [6.07, 6.45) is -3.32. The monoisotopic (exact) mass is 424 g/mol. The van der Waals surface area contributed by atoms with Crippen molar-refractivity contribution in [1.29, 1.82) is 0 Å². The summed E-state index contributed by atoms with van der Waals surface area (Å²) >= 11 is 0. The third-order valence-electron chi connectivity index (χ3n) is 6.06. The Bertz CT molecular complexity index is 993. The van der Waals surface area contributed by atoms with Crippen LogP contribution in [-0.2, 0) is 6.18 Å². The number of nitrogens with zero attached hydrogens (tertiary/aromatic N) is 2. The molecule has 0 N–H and O–H groups in total. The molecule has 1 fully saturated rings. The van der Waals surface area contributed by atoms with Gasteiger partial charge in [0.1, 0.15) is 0 Å². The van der Waals surface area contributed by atoms with Crippen LogP contribution in [0.2, 0.25) is 0 Å². The Morgan fingerprint density at radius 2 is 1.45 bits per heavy atom. The molecule has 0 aromatic heterocycles. The fraction of sp³-hybridized carbons (Fsp3) is 0.308. The van der Waals surface area contributed by atoms with E-state index in [-0.39, 0.29) is 0 Å². The van der Waals surface area contributed by atoms with Crippen LogP contribution in [-0.4, -0.2) is 31.1 Å². The number of piperazine rings is 1. The van der Waals surface area contributed by atoms with Gasteiger partial charge in [-0.15, -0.1) is 0 Å². The van der Waals surface area contributed by atoms with Crippen LogP contribution >= 0.6 is 0 Å². The topological polar surface area (TPSA) is 6.48 Å². The first-order valence-corrected chi connectivity index (χ1v) is 10.8. The van der Waals surface area contributed by atoms with E-state index < -0.39 is 11.7 Å². The van der Waals surface area contributed by atoms with Crippen molar-refractivity contribution in [3.63, 3.8) is 0 Å². The zero-order valence-electron chi connectivity index (χ0n) is 17.6. The summed E-state index contributed by atoms with van der Waals surface area (Å²) in [4.78, 5) is 4.51. The van der Waals surface area contributed by atoms with E-state index in [9.17, 15) is 13.2 Å². The molecule has 2 nitrogen and oxygen atoms in total. The summed E-state index contributed by atoms with van der Waals surface area (Å²) in [5.41, 5.74) is 3.76. The van der Waals surface area contributed by atoms with Gasteiger partial charge < -0.3 is 4.90 Å². The Morgan fingerprint density at radius 3 is 2.13 bits per heavy atom. The Balaban J connectivity index is 1.47. The lowest BCUT2D eigenvalue weighted by Gasteiger charge is -2.40. The summed E-state index contributed by atoms with van der Waals surface area (Å²) in [6, 6.07) is 25.0. The summed E-state index contributed by atoms with van der Waals surface area (Å²) in [7, 11) is 0. The van der Waals surface area contributed by atoms with Gasteiger partial charge in [-0.3, -0.25) is 4.90 Å². The van der Waals surface area contributed by atoms with Crippen molar-refractivity contribution in [2.24, 2.45) is 0 Å². The van der Waals surface area contributed by atoms with Crippen molar-refractivity contribution in [3.05, 3.63) is 90.0 Å². The van der Waals surface area contributed by atoms with Gasteiger partial charge in [-0.25, -0.2) is 0 Å². The van der Waals surface area contributed by atoms with E-state index >= 15 is 0 Å². The molecule has 0 aliphatic carbocycles. The van der Waals surface area contributed by atoms with E-state index in [2.05, 4.69) is 53.1 Å². The van der Waals surface area contributed by atoms with Crippen LogP contribution in [0.1, 0.15) is 30.5 Å². The summed E-state index contributed by atoms with van der Waals surface area (Å²) in [6.45, 7) is 5.28. The van der Waals surface area contributed by atoms with Gasteiger partial charge >= 0.3 is 6.18 Å². The second-order valence-electron chi connectivity index (χ2n) is 7.99. The Morgan fingerprint density at radius 1 is 0.774 bits per heavy atom. The number of hydrogen-bond donors (Lipinski definition) is 0. The highest BCUT2D eigenvalue weighted by Crippen LogP contribution is 2.33. The maximum Gasteiger partial charge on any atom is 0.416 e. The van der Waals surface area contributed by atoms with E-state index in [0.717, 1.165) is 38.7 Å². The standard InChI is InChI=1S/C26H27F3N2/c1-2-25(22-11-6-10-21(18-22)20-8-4-3-5-9-20)31-16-14-30(15-17-31)24-13-7-12-23(19-24)26(27,28)29/h3-13,18-19,25H,2,14-17H2,1H3. The van der Waals surface area contributed by atoms with Crippen LogP contribution in [0.3, 0.4) is 0 Å². The van der Waals surface area contributed by atoms with Crippen molar-refractivity contribution in [1.82, 2.24) is 4.90 Å². The molecule has 0 radical (unpaired) electrons. The van der Waals surface area contributed by atoms with Crippen molar-refractivity contribution >= 4 is 5.69 Å². The minimum atomic E-state index is -4.31. The van der Waals surface area contributed by atoms with Crippen LogP contribution in [0.4, 0.5) is 18.9 Å². The number of benzene rings is 3. The molecule has 1 aliphatic heterocycles. The number of hydrogen-bond acceptors (Lipinski definition) is 2. The minimum absolute atomic E-state index is 0.298. The first-order valence-electron chi connectivity index (χ1n) is 10.8. The molecule has 3 aromatic rings. The first-order chi connectivity index (χ1) is 15.0. The Hall–Kier alpha value is -2.79. The molecule has 1 unspecified atom stereocenters. The normalized spacial score (nSPS) is 16.3. The third-order valence-corrected chi connectivity index (χ3v) is 6.06. The van der Waals surface area contributed by atoms with Gasteiger partial charge in [-0.1, -0.05) is 61.5 Å². The zero-order valence-corrected chi connectivity index (χ0v) is 17.6. The molecule has 1 saturated heterocycles. The number of halogens is 3. The molecule has 0 saturated carbocycles. The maximum atomic E-state index is 13.1. The van der Waals surface area contributed by atoms with Crippen molar-refractivity contribution in [2.45, 2.75) is 25.6 Å². The molecule has 5 heteroatoms. The highest BCUT2D eigenvalue weighted by Gasteiger charge is 2.31. The van der Waals surface area contributed by atoms with Crippen molar-refractivity contribution in [2.75, 3.05) is 31.1 Å². The van der Waals surface area contributed by atoms with Gasteiger partial charge in [0.15, 0.2) is 0 Å². The van der Waals surface area contributed by atoms with Gasteiger partial charge in [-0.05, 0) is 47.4 Å². The smallest absolute Gasteiger partial charge is 0.369 e. The predicted octanol–water partition coefficient (Wildman–Crippen LogP) is 6.65. The molecule has 3 aromatic carbocycles. The second kappa shape index (κ2) is 9.15. The van der Waals surface area contributed by atoms with Crippen LogP contribution in [0.15, 0.2) is 78.9 Å². The molecule has 0 bridgehead atoms. The Kier molecular flexibility index (Phi) is 6.33. The number of anilines is 1. The molecule has 31 heavy (non-hydrogen) atoms. The maximum absolute atomic E-state index is 13.1. The molecular weight excluding hydrogens is 397 g/mol. The quantitative estimate of drug-likeness (QED) is 0.453. The van der Waals surface area contributed by atoms with E-state index in [0.29, 0.717) is 11.7 Å². The lowest BCUT2D eigenvalue weighted by Crippen LogP contribution is -2.47. The van der Waals surface area contributed by atoms with E-state index in [1.54, 1.807) is 6.07 Å². The second-order valence-corrected chi connectivity index (χ2v) is 7.99. The van der Waals surface area contributed by atoms with Crippen LogP contribution in [0, 0.1) is 0 Å². The van der Waals surface area contributed by atoms with E-state index in [4.69, 9.17) is 0 Å². The minimum Gasteiger partial charge on any atom is -0.369 e. The lowest BCUT2D eigenvalue weighted by atomic mass is 9.97. The van der Waals surface area contributed by atoms with Gasteiger partial charge in [0.25, 0.3) is 0 Å². The molecule has 1 atom stereocenters. The number of alkyl halides is 3. The lowest BCUT2D eigenvalue weighted by molar-refractivity contribution is -0.137. The van der Waals surface area contributed by atoms with E-state index in [1.165, 1.54) is 28.8 Å². The highest BCUT2D eigenvalue weighted by atomic mass is 19.4. The number of rotatable bonds is 5. The average Bonchev–Trinajstić information content (AvgIpc) is 2.80. The van der Waals surface area contributed by atoms with Crippen LogP contribution < -0.4 is 4.90 Å². The van der Waals surface area contributed by atoms with Crippen molar-refractivity contribution < 1.29 is 13.2 Å². The SMILES string of the molecule is CCC(c1cccc(-c2ccccc2)c1)N1CCN(c2cccc(C(F)(F)F)c2)CC1. The first kappa shape index (κ1) is 21.4. The third kappa shape index (κ3) is 4.93. The van der Waals surface area contributed by atoms with Crippen LogP contribution in [0.5, 0.6) is 0 Å². The molecule has 4 rings (SSSR count). The molecule has 162 valence electrons. The predicted molar refractivity (Wildman–Crippen MR) is 120 cm³/mol.